The van der Waals surface area contributed by atoms with Crippen LogP contribution in [0.2, 0.25) is 0 Å². The monoisotopic (exact) mass is 283 g/mol. The summed E-state index contributed by atoms with van der Waals surface area (Å²) >= 11 is 0. The molecule has 2 rings (SSSR count). The van der Waals surface area contributed by atoms with Crippen LogP contribution in [0.1, 0.15) is 31.9 Å². The summed E-state index contributed by atoms with van der Waals surface area (Å²) in [5.41, 5.74) is 2.78. The number of anilines is 1. The molecule has 0 bridgehead atoms. The molecule has 1 aromatic rings. The van der Waals surface area contributed by atoms with E-state index in [9.17, 15) is 8.42 Å². The van der Waals surface area contributed by atoms with E-state index in [1.165, 1.54) is 10.6 Å². The van der Waals surface area contributed by atoms with Crippen LogP contribution in [0.25, 0.3) is 0 Å². The van der Waals surface area contributed by atoms with Gasteiger partial charge in [-0.15, -0.1) is 0 Å². The van der Waals surface area contributed by atoms with Crippen LogP contribution in [0.4, 0.5) is 5.69 Å². The van der Waals surface area contributed by atoms with Crippen LogP contribution in [0.3, 0.4) is 0 Å². The Morgan fingerprint density at radius 2 is 1.89 bits per heavy atom. The van der Waals surface area contributed by atoms with E-state index < -0.39 is 10.0 Å². The van der Waals surface area contributed by atoms with Crippen LogP contribution >= 0.6 is 0 Å². The third-order valence-corrected chi connectivity index (χ3v) is 4.61. The molecule has 1 heterocycles. The Morgan fingerprint density at radius 1 is 1.26 bits per heavy atom. The van der Waals surface area contributed by atoms with Gasteiger partial charge in [-0.05, 0) is 35.1 Å². The van der Waals surface area contributed by atoms with Crippen molar-refractivity contribution in [2.75, 3.05) is 24.2 Å². The number of sulfonamides is 1. The molecule has 5 heteroatoms. The van der Waals surface area contributed by atoms with Crippen LogP contribution in [0, 0.1) is 0 Å². The molecule has 1 aliphatic heterocycles. The molecular formula is C14H21NO3S. The first-order chi connectivity index (χ1) is 8.64. The molecule has 0 aliphatic carbocycles. The highest BCUT2D eigenvalue weighted by atomic mass is 32.2. The first kappa shape index (κ1) is 14.2. The average molecular weight is 283 g/mol. The fraction of sp³-hybridized carbons (Fsp3) is 0.571. The van der Waals surface area contributed by atoms with Crippen molar-refractivity contribution in [3.05, 3.63) is 23.3 Å². The van der Waals surface area contributed by atoms with Crippen molar-refractivity contribution in [1.82, 2.24) is 0 Å². The SMILES string of the molecule is COc1cc2c(c(C(C)(C)C)c1)N(S(C)(=O)=O)CC2. The molecule has 0 radical (unpaired) electrons. The molecule has 0 aromatic heterocycles. The van der Waals surface area contributed by atoms with Gasteiger partial charge in [-0.1, -0.05) is 20.8 Å². The second-order valence-corrected chi connectivity index (χ2v) is 7.92. The Morgan fingerprint density at radius 3 is 2.37 bits per heavy atom. The molecule has 0 spiro atoms. The summed E-state index contributed by atoms with van der Waals surface area (Å²) in [4.78, 5) is 0. The minimum atomic E-state index is -3.23. The van der Waals surface area contributed by atoms with Gasteiger partial charge in [-0.2, -0.15) is 0 Å². The summed E-state index contributed by atoms with van der Waals surface area (Å²) in [5, 5.41) is 0. The molecule has 0 amide bonds. The van der Waals surface area contributed by atoms with Crippen LogP contribution in [-0.2, 0) is 21.9 Å². The smallest absolute Gasteiger partial charge is 0.232 e. The molecular weight excluding hydrogens is 262 g/mol. The largest absolute Gasteiger partial charge is 0.497 e. The topological polar surface area (TPSA) is 46.6 Å². The number of ether oxygens (including phenoxy) is 1. The molecule has 4 nitrogen and oxygen atoms in total. The maximum absolute atomic E-state index is 11.9. The van der Waals surface area contributed by atoms with E-state index in [2.05, 4.69) is 20.8 Å². The van der Waals surface area contributed by atoms with Crippen molar-refractivity contribution in [1.29, 1.82) is 0 Å². The molecule has 0 N–H and O–H groups in total. The van der Waals surface area contributed by atoms with Gasteiger partial charge in [-0.3, -0.25) is 4.31 Å². The lowest BCUT2D eigenvalue weighted by molar-refractivity contribution is 0.412. The quantitative estimate of drug-likeness (QED) is 0.837. The predicted molar refractivity (Wildman–Crippen MR) is 77.6 cm³/mol. The number of hydrogen-bond donors (Lipinski definition) is 0. The number of benzene rings is 1. The molecule has 1 aromatic carbocycles. The zero-order chi connectivity index (χ0) is 14.4. The first-order valence-electron chi connectivity index (χ1n) is 6.33. The van der Waals surface area contributed by atoms with Crippen LogP contribution in [0.5, 0.6) is 5.75 Å². The Kier molecular flexibility index (Phi) is 3.29. The predicted octanol–water partition coefficient (Wildman–Crippen LogP) is 2.31. The lowest BCUT2D eigenvalue weighted by Gasteiger charge is -2.27. The maximum Gasteiger partial charge on any atom is 0.232 e. The first-order valence-corrected chi connectivity index (χ1v) is 8.18. The Hall–Kier alpha value is -1.23. The summed E-state index contributed by atoms with van der Waals surface area (Å²) < 4.78 is 30.7. The highest BCUT2D eigenvalue weighted by molar-refractivity contribution is 7.92. The van der Waals surface area contributed by atoms with E-state index >= 15 is 0 Å². The molecule has 0 saturated carbocycles. The highest BCUT2D eigenvalue weighted by Gasteiger charge is 2.33. The molecule has 19 heavy (non-hydrogen) atoms. The molecule has 0 atom stereocenters. The number of methoxy groups -OCH3 is 1. The molecule has 1 aliphatic rings. The van der Waals surface area contributed by atoms with E-state index in [1.807, 2.05) is 12.1 Å². The summed E-state index contributed by atoms with van der Waals surface area (Å²) in [7, 11) is -1.59. The van der Waals surface area contributed by atoms with E-state index in [-0.39, 0.29) is 5.41 Å². The third kappa shape index (κ3) is 2.56. The number of rotatable bonds is 2. The van der Waals surface area contributed by atoms with Crippen LogP contribution in [-0.4, -0.2) is 28.3 Å². The van der Waals surface area contributed by atoms with Gasteiger partial charge in [0.05, 0.1) is 19.1 Å². The molecule has 0 saturated heterocycles. The summed E-state index contributed by atoms with van der Waals surface area (Å²) in [5.74, 6) is 0.791. The van der Waals surface area contributed by atoms with Gasteiger partial charge >= 0.3 is 0 Å². The van der Waals surface area contributed by atoms with Crippen molar-refractivity contribution in [2.24, 2.45) is 0 Å². The van der Waals surface area contributed by atoms with Gasteiger partial charge in [0.2, 0.25) is 10.0 Å². The second kappa shape index (κ2) is 4.40. The standard InChI is InChI=1S/C14H21NO3S/c1-14(2,3)12-9-11(18-4)8-10-6-7-15(13(10)12)19(5,16)17/h8-9H,6-7H2,1-5H3. The van der Waals surface area contributed by atoms with E-state index in [0.29, 0.717) is 6.54 Å². The summed E-state index contributed by atoms with van der Waals surface area (Å²) in [6.07, 6.45) is 2.00. The average Bonchev–Trinajstić information content (AvgIpc) is 2.68. The van der Waals surface area contributed by atoms with Crippen molar-refractivity contribution in [3.8, 4) is 5.75 Å². The number of nitrogens with zero attached hydrogens (tertiary/aromatic N) is 1. The van der Waals surface area contributed by atoms with Gasteiger partial charge in [-0.25, -0.2) is 8.42 Å². The maximum atomic E-state index is 11.9. The second-order valence-electron chi connectivity index (χ2n) is 6.02. The molecule has 0 fully saturated rings. The Labute approximate surface area is 115 Å². The lowest BCUT2D eigenvalue weighted by atomic mass is 9.84. The molecule has 0 unspecified atom stereocenters. The normalized spacial score (nSPS) is 15.5. The van der Waals surface area contributed by atoms with Gasteiger partial charge in [0.1, 0.15) is 5.75 Å². The van der Waals surface area contributed by atoms with Crippen molar-refractivity contribution < 1.29 is 13.2 Å². The fourth-order valence-electron chi connectivity index (χ4n) is 2.51. The van der Waals surface area contributed by atoms with Crippen LogP contribution in [0.15, 0.2) is 12.1 Å². The summed E-state index contributed by atoms with van der Waals surface area (Å²) in [6, 6.07) is 3.89. The van der Waals surface area contributed by atoms with Crippen molar-refractivity contribution in [2.45, 2.75) is 32.6 Å². The number of fused-ring (bicyclic) bond motifs is 1. The van der Waals surface area contributed by atoms with Crippen LogP contribution < -0.4 is 9.04 Å². The minimum absolute atomic E-state index is 0.133. The Balaban J connectivity index is 2.70. The minimum Gasteiger partial charge on any atom is -0.497 e. The van der Waals surface area contributed by atoms with Crippen molar-refractivity contribution in [3.63, 3.8) is 0 Å². The molecule has 106 valence electrons. The summed E-state index contributed by atoms with van der Waals surface area (Å²) in [6.45, 7) is 6.77. The van der Waals surface area contributed by atoms with E-state index in [1.54, 1.807) is 7.11 Å². The highest BCUT2D eigenvalue weighted by Crippen LogP contribution is 2.42. The van der Waals surface area contributed by atoms with Crippen molar-refractivity contribution >= 4 is 15.7 Å². The fourth-order valence-corrected chi connectivity index (χ4v) is 3.48. The lowest BCUT2D eigenvalue weighted by Crippen LogP contribution is -2.30. The van der Waals surface area contributed by atoms with Gasteiger partial charge < -0.3 is 4.74 Å². The zero-order valence-corrected chi connectivity index (χ0v) is 13.0. The Bertz CT molecular complexity index is 600. The third-order valence-electron chi connectivity index (χ3n) is 3.44. The zero-order valence-electron chi connectivity index (χ0n) is 12.1. The number of hydrogen-bond acceptors (Lipinski definition) is 3. The van der Waals surface area contributed by atoms with E-state index in [0.717, 1.165) is 29.0 Å². The van der Waals surface area contributed by atoms with E-state index in [4.69, 9.17) is 4.74 Å². The van der Waals surface area contributed by atoms with Gasteiger partial charge in [0.15, 0.2) is 0 Å². The van der Waals surface area contributed by atoms with Gasteiger partial charge in [0, 0.05) is 6.54 Å². The van der Waals surface area contributed by atoms with Gasteiger partial charge in [0.25, 0.3) is 0 Å².